The molecule has 0 spiro atoms. The summed E-state index contributed by atoms with van der Waals surface area (Å²) in [6.07, 6.45) is 6.59. The standard InChI is InChI=1S/C16H17NO4S/c1-2-3-4-13(11-15-16(18)21-9-10-22-15)12-5-7-14(8-6-12)17(19)20/h2-3,5-8,11,13H,4,9-10H2,1H3/b3-2+,15-11-. The number of carbonyl (C=O) groups is 1. The number of hydrogen-bond acceptors (Lipinski definition) is 5. The molecule has 0 N–H and O–H groups in total. The van der Waals surface area contributed by atoms with Crippen LogP contribution in [0.5, 0.6) is 0 Å². The van der Waals surface area contributed by atoms with Crippen molar-refractivity contribution >= 4 is 23.4 Å². The van der Waals surface area contributed by atoms with Crippen LogP contribution in [0.3, 0.4) is 0 Å². The fourth-order valence-electron chi connectivity index (χ4n) is 2.14. The lowest BCUT2D eigenvalue weighted by Gasteiger charge is -2.17. The summed E-state index contributed by atoms with van der Waals surface area (Å²) in [4.78, 5) is 22.7. The van der Waals surface area contributed by atoms with E-state index in [0.717, 1.165) is 17.7 Å². The maximum absolute atomic E-state index is 11.8. The van der Waals surface area contributed by atoms with E-state index in [1.54, 1.807) is 12.1 Å². The van der Waals surface area contributed by atoms with E-state index < -0.39 is 4.92 Å². The molecule has 1 aliphatic rings. The number of ether oxygens (including phenoxy) is 1. The molecular formula is C16H17NO4S. The van der Waals surface area contributed by atoms with E-state index in [4.69, 9.17) is 4.74 Å². The molecular weight excluding hydrogens is 302 g/mol. The minimum absolute atomic E-state index is 0.00912. The van der Waals surface area contributed by atoms with Crippen molar-refractivity contribution in [3.05, 3.63) is 63.1 Å². The molecule has 0 aliphatic carbocycles. The highest BCUT2D eigenvalue weighted by atomic mass is 32.2. The molecule has 22 heavy (non-hydrogen) atoms. The molecule has 0 aromatic heterocycles. The Morgan fingerprint density at radius 1 is 1.41 bits per heavy atom. The van der Waals surface area contributed by atoms with Gasteiger partial charge in [-0.05, 0) is 18.9 Å². The molecule has 1 aromatic carbocycles. The monoisotopic (exact) mass is 319 g/mol. The number of nitro groups is 1. The molecule has 0 bridgehead atoms. The minimum atomic E-state index is -0.419. The zero-order valence-electron chi connectivity index (χ0n) is 12.2. The summed E-state index contributed by atoms with van der Waals surface area (Å²) in [5, 5.41) is 10.7. The third-order valence-corrected chi connectivity index (χ3v) is 4.27. The van der Waals surface area contributed by atoms with Crippen LogP contribution < -0.4 is 0 Å². The maximum atomic E-state index is 11.8. The van der Waals surface area contributed by atoms with Gasteiger partial charge in [-0.2, -0.15) is 0 Å². The van der Waals surface area contributed by atoms with E-state index in [1.807, 2.05) is 25.2 Å². The molecule has 1 atom stereocenters. The molecule has 2 rings (SSSR count). The third-order valence-electron chi connectivity index (χ3n) is 3.29. The van der Waals surface area contributed by atoms with Gasteiger partial charge in [-0.15, -0.1) is 11.8 Å². The van der Waals surface area contributed by atoms with Gasteiger partial charge in [0.15, 0.2) is 0 Å². The van der Waals surface area contributed by atoms with Crippen LogP contribution in [0.1, 0.15) is 24.8 Å². The predicted molar refractivity (Wildman–Crippen MR) is 86.8 cm³/mol. The van der Waals surface area contributed by atoms with Crippen LogP contribution in [0.4, 0.5) is 5.69 Å². The number of hydrogen-bond donors (Lipinski definition) is 0. The number of rotatable bonds is 5. The van der Waals surface area contributed by atoms with Crippen molar-refractivity contribution in [2.45, 2.75) is 19.3 Å². The van der Waals surface area contributed by atoms with Crippen molar-refractivity contribution < 1.29 is 14.5 Å². The molecule has 0 saturated carbocycles. The fourth-order valence-corrected chi connectivity index (χ4v) is 2.97. The molecule has 1 fully saturated rings. The van der Waals surface area contributed by atoms with Crippen LogP contribution in [-0.4, -0.2) is 23.3 Å². The third kappa shape index (κ3) is 4.21. The molecule has 1 aliphatic heterocycles. The summed E-state index contributed by atoms with van der Waals surface area (Å²) in [5.74, 6) is 0.461. The van der Waals surface area contributed by atoms with Gasteiger partial charge in [0.05, 0.1) is 9.83 Å². The average Bonchev–Trinajstić information content (AvgIpc) is 2.53. The zero-order valence-corrected chi connectivity index (χ0v) is 13.0. The van der Waals surface area contributed by atoms with E-state index in [9.17, 15) is 14.9 Å². The SMILES string of the molecule is C/C=C/CC(/C=C1\SCCOC1=O)c1ccc([N+](=O)[O-])cc1. The first kappa shape index (κ1) is 16.3. The number of carbonyl (C=O) groups excluding carboxylic acids is 1. The Hall–Kier alpha value is -2.08. The van der Waals surface area contributed by atoms with E-state index >= 15 is 0 Å². The highest BCUT2D eigenvalue weighted by Gasteiger charge is 2.20. The topological polar surface area (TPSA) is 69.4 Å². The number of esters is 1. The molecule has 1 saturated heterocycles. The first-order valence-corrected chi connectivity index (χ1v) is 7.97. The summed E-state index contributed by atoms with van der Waals surface area (Å²) in [5.41, 5.74) is 1.00. The number of benzene rings is 1. The largest absolute Gasteiger partial charge is 0.461 e. The number of cyclic esters (lactones) is 1. The van der Waals surface area contributed by atoms with E-state index in [2.05, 4.69) is 0 Å². The van der Waals surface area contributed by atoms with Gasteiger partial charge in [0.1, 0.15) is 6.61 Å². The summed E-state index contributed by atoms with van der Waals surface area (Å²) in [6, 6.07) is 6.45. The Kier molecular flexibility index (Phi) is 5.77. The number of nitrogens with zero attached hydrogens (tertiary/aromatic N) is 1. The van der Waals surface area contributed by atoms with Gasteiger partial charge in [-0.1, -0.05) is 30.4 Å². The molecule has 0 amide bonds. The summed E-state index contributed by atoms with van der Waals surface area (Å²) >= 11 is 1.49. The normalized spacial score (nSPS) is 18.4. The van der Waals surface area contributed by atoms with Crippen LogP contribution in [-0.2, 0) is 9.53 Å². The Bertz CT molecular complexity index is 607. The Balaban J connectivity index is 2.26. The highest BCUT2D eigenvalue weighted by molar-refractivity contribution is 8.04. The maximum Gasteiger partial charge on any atom is 0.344 e. The molecule has 5 nitrogen and oxygen atoms in total. The van der Waals surface area contributed by atoms with Gasteiger partial charge >= 0.3 is 5.97 Å². The number of allylic oxidation sites excluding steroid dienone is 3. The van der Waals surface area contributed by atoms with E-state index in [-0.39, 0.29) is 17.6 Å². The molecule has 116 valence electrons. The predicted octanol–water partition coefficient (Wildman–Crippen LogP) is 3.82. The second-order valence-corrected chi connectivity index (χ2v) is 5.91. The van der Waals surface area contributed by atoms with Crippen molar-refractivity contribution in [2.75, 3.05) is 12.4 Å². The molecule has 1 aromatic rings. The zero-order chi connectivity index (χ0) is 15.9. The second kappa shape index (κ2) is 7.79. The first-order valence-electron chi connectivity index (χ1n) is 6.99. The van der Waals surface area contributed by atoms with Gasteiger partial charge in [-0.25, -0.2) is 4.79 Å². The summed E-state index contributed by atoms with van der Waals surface area (Å²) in [6.45, 7) is 2.38. The van der Waals surface area contributed by atoms with Crippen LogP contribution >= 0.6 is 11.8 Å². The lowest BCUT2D eigenvalue weighted by Crippen LogP contribution is -2.15. The number of non-ortho nitro benzene ring substituents is 1. The van der Waals surface area contributed by atoms with Crippen molar-refractivity contribution in [2.24, 2.45) is 0 Å². The van der Waals surface area contributed by atoms with E-state index in [1.165, 1.54) is 23.9 Å². The Labute approximate surface area is 133 Å². The molecule has 6 heteroatoms. The van der Waals surface area contributed by atoms with Crippen LogP contribution in [0.25, 0.3) is 0 Å². The van der Waals surface area contributed by atoms with Gasteiger partial charge in [0, 0.05) is 23.8 Å². The number of thioether (sulfide) groups is 1. The highest BCUT2D eigenvalue weighted by Crippen LogP contribution is 2.30. The van der Waals surface area contributed by atoms with Gasteiger partial charge in [-0.3, -0.25) is 10.1 Å². The average molecular weight is 319 g/mol. The van der Waals surface area contributed by atoms with Crippen molar-refractivity contribution in [1.82, 2.24) is 0 Å². The summed E-state index contributed by atoms with van der Waals surface area (Å²) in [7, 11) is 0. The van der Waals surface area contributed by atoms with Crippen molar-refractivity contribution in [1.29, 1.82) is 0 Å². The molecule has 1 unspecified atom stereocenters. The van der Waals surface area contributed by atoms with Crippen molar-refractivity contribution in [3.8, 4) is 0 Å². The van der Waals surface area contributed by atoms with E-state index in [0.29, 0.717) is 11.5 Å². The quantitative estimate of drug-likeness (QED) is 0.271. The van der Waals surface area contributed by atoms with Gasteiger partial charge < -0.3 is 4.74 Å². The minimum Gasteiger partial charge on any atom is -0.461 e. The van der Waals surface area contributed by atoms with Crippen molar-refractivity contribution in [3.63, 3.8) is 0 Å². The van der Waals surface area contributed by atoms with Crippen LogP contribution in [0.2, 0.25) is 0 Å². The van der Waals surface area contributed by atoms with Crippen LogP contribution in [0.15, 0.2) is 47.4 Å². The summed E-state index contributed by atoms with van der Waals surface area (Å²) < 4.78 is 5.05. The molecule has 1 heterocycles. The smallest absolute Gasteiger partial charge is 0.344 e. The first-order chi connectivity index (χ1) is 10.6. The van der Waals surface area contributed by atoms with Gasteiger partial charge in [0.25, 0.3) is 5.69 Å². The van der Waals surface area contributed by atoms with Gasteiger partial charge in [0.2, 0.25) is 0 Å². The number of nitro benzene ring substituents is 1. The molecule has 0 radical (unpaired) electrons. The lowest BCUT2D eigenvalue weighted by molar-refractivity contribution is -0.384. The second-order valence-electron chi connectivity index (χ2n) is 4.78. The fraction of sp³-hybridized carbons (Fsp3) is 0.312. The van der Waals surface area contributed by atoms with Crippen LogP contribution in [0, 0.1) is 10.1 Å². The lowest BCUT2D eigenvalue weighted by atomic mass is 9.94. The Morgan fingerprint density at radius 2 is 2.14 bits per heavy atom. The Morgan fingerprint density at radius 3 is 2.73 bits per heavy atom.